The summed E-state index contributed by atoms with van der Waals surface area (Å²) >= 11 is 0. The molecule has 0 saturated heterocycles. The van der Waals surface area contributed by atoms with Gasteiger partial charge in [0.1, 0.15) is 11.0 Å². The third kappa shape index (κ3) is 6.03. The van der Waals surface area contributed by atoms with Gasteiger partial charge in [-0.15, -0.1) is 0 Å². The number of hydrogen-bond donors (Lipinski definition) is 0. The Morgan fingerprint density at radius 1 is 0.794 bits per heavy atom. The van der Waals surface area contributed by atoms with Crippen molar-refractivity contribution < 1.29 is 4.21 Å². The summed E-state index contributed by atoms with van der Waals surface area (Å²) in [7, 11) is 0.732. The first kappa shape index (κ1) is 26.1. The van der Waals surface area contributed by atoms with E-state index >= 15 is 0 Å². The van der Waals surface area contributed by atoms with Gasteiger partial charge in [0, 0.05) is 7.05 Å². The Hall–Kier alpha value is -1.02. The SMILES string of the molecule is CN(C(c1ccccc1)c1ccccc1P(C1CCCCC1)C1CCCCC1)[S@](=O)C(C)(C)C. The highest BCUT2D eigenvalue weighted by Crippen LogP contribution is 2.56. The minimum absolute atomic E-state index is 0.00893. The van der Waals surface area contributed by atoms with Crippen molar-refractivity contribution in [1.82, 2.24) is 4.31 Å². The van der Waals surface area contributed by atoms with Gasteiger partial charge in [0.25, 0.3) is 0 Å². The van der Waals surface area contributed by atoms with E-state index in [1.807, 2.05) is 0 Å². The Kier molecular flexibility index (Phi) is 9.05. The molecule has 2 fully saturated rings. The second kappa shape index (κ2) is 11.8. The van der Waals surface area contributed by atoms with Crippen LogP contribution in [0.5, 0.6) is 0 Å². The lowest BCUT2D eigenvalue weighted by atomic mass is 9.98. The Morgan fingerprint density at radius 3 is 1.82 bits per heavy atom. The Morgan fingerprint density at radius 2 is 1.29 bits per heavy atom. The fourth-order valence-corrected chi connectivity index (χ4v) is 11.4. The fraction of sp³-hybridized carbons (Fsp3) is 0.600. The minimum Gasteiger partial charge on any atom is -0.242 e. The van der Waals surface area contributed by atoms with E-state index in [9.17, 15) is 4.21 Å². The van der Waals surface area contributed by atoms with Crippen molar-refractivity contribution in [3.8, 4) is 0 Å². The quantitative estimate of drug-likeness (QED) is 0.356. The fourth-order valence-electron chi connectivity index (χ4n) is 6.11. The number of rotatable bonds is 7. The second-order valence-electron chi connectivity index (χ2n) is 11.3. The molecule has 2 saturated carbocycles. The molecule has 0 aromatic heterocycles. The first-order valence-electron chi connectivity index (χ1n) is 13.4. The zero-order chi connectivity index (χ0) is 24.1. The van der Waals surface area contributed by atoms with Gasteiger partial charge in [-0.1, -0.05) is 101 Å². The van der Waals surface area contributed by atoms with Crippen LogP contribution in [0, 0.1) is 0 Å². The van der Waals surface area contributed by atoms with Crippen LogP contribution >= 0.6 is 7.92 Å². The average molecular weight is 498 g/mol. The van der Waals surface area contributed by atoms with E-state index in [1.165, 1.54) is 75.3 Å². The molecule has 1 unspecified atom stereocenters. The lowest BCUT2D eigenvalue weighted by Gasteiger charge is -2.41. The first-order valence-corrected chi connectivity index (χ1v) is 16.0. The molecular formula is C30H44NOPS. The monoisotopic (exact) mass is 497 g/mol. The third-order valence-corrected chi connectivity index (χ3v) is 13.1. The van der Waals surface area contributed by atoms with E-state index in [0.717, 1.165) is 11.3 Å². The molecule has 186 valence electrons. The molecule has 0 aliphatic heterocycles. The normalized spacial score (nSPS) is 20.5. The Bertz CT molecular complexity index is 910. The van der Waals surface area contributed by atoms with Gasteiger partial charge < -0.3 is 0 Å². The lowest BCUT2D eigenvalue weighted by molar-refractivity contribution is 0.441. The van der Waals surface area contributed by atoms with Gasteiger partial charge in [0.05, 0.1) is 10.8 Å². The van der Waals surface area contributed by atoms with Gasteiger partial charge in [-0.2, -0.15) is 0 Å². The van der Waals surface area contributed by atoms with Crippen LogP contribution in [0.15, 0.2) is 54.6 Å². The molecule has 0 heterocycles. The maximum atomic E-state index is 13.7. The van der Waals surface area contributed by atoms with E-state index in [2.05, 4.69) is 86.7 Å². The van der Waals surface area contributed by atoms with Crippen LogP contribution in [0.2, 0.25) is 0 Å². The van der Waals surface area contributed by atoms with Crippen molar-refractivity contribution >= 4 is 24.2 Å². The maximum Gasteiger partial charge on any atom is 0.100 e. The van der Waals surface area contributed by atoms with Crippen LogP contribution in [-0.4, -0.2) is 31.6 Å². The molecule has 2 aromatic carbocycles. The van der Waals surface area contributed by atoms with Crippen LogP contribution in [0.3, 0.4) is 0 Å². The molecule has 2 aliphatic carbocycles. The molecule has 4 heteroatoms. The Balaban J connectivity index is 1.82. The summed E-state index contributed by atoms with van der Waals surface area (Å²) in [5.74, 6) is 0. The molecule has 34 heavy (non-hydrogen) atoms. The summed E-state index contributed by atoms with van der Waals surface area (Å²) in [6.07, 6.45) is 14.0. The van der Waals surface area contributed by atoms with E-state index in [4.69, 9.17) is 0 Å². The largest absolute Gasteiger partial charge is 0.242 e. The smallest absolute Gasteiger partial charge is 0.100 e. The van der Waals surface area contributed by atoms with E-state index in [1.54, 1.807) is 5.30 Å². The molecule has 0 bridgehead atoms. The minimum atomic E-state index is -1.10. The summed E-state index contributed by atoms with van der Waals surface area (Å²) in [4.78, 5) is 0. The van der Waals surface area contributed by atoms with Gasteiger partial charge in [-0.05, 0) is 74.2 Å². The van der Waals surface area contributed by atoms with Gasteiger partial charge in [-0.25, -0.2) is 8.51 Å². The zero-order valence-corrected chi connectivity index (χ0v) is 23.4. The first-order chi connectivity index (χ1) is 16.4. The molecule has 2 aromatic rings. The molecule has 2 aliphatic rings. The van der Waals surface area contributed by atoms with Crippen molar-refractivity contribution in [3.05, 3.63) is 65.7 Å². The highest BCUT2D eigenvalue weighted by Gasteiger charge is 2.37. The van der Waals surface area contributed by atoms with Gasteiger partial charge in [0.2, 0.25) is 0 Å². The summed E-state index contributed by atoms with van der Waals surface area (Å²) in [5, 5.41) is 1.60. The van der Waals surface area contributed by atoms with Crippen molar-refractivity contribution in [2.75, 3.05) is 7.05 Å². The summed E-state index contributed by atoms with van der Waals surface area (Å²) in [5.41, 5.74) is 4.35. The maximum absolute atomic E-state index is 13.7. The van der Waals surface area contributed by atoms with Crippen LogP contribution < -0.4 is 5.30 Å². The van der Waals surface area contributed by atoms with Gasteiger partial charge in [0.15, 0.2) is 0 Å². The Labute approximate surface area is 212 Å². The topological polar surface area (TPSA) is 20.3 Å². The second-order valence-corrected chi connectivity index (χ2v) is 16.3. The van der Waals surface area contributed by atoms with Crippen LogP contribution in [0.4, 0.5) is 0 Å². The molecule has 4 rings (SSSR count). The van der Waals surface area contributed by atoms with Gasteiger partial charge >= 0.3 is 0 Å². The molecule has 2 nitrogen and oxygen atoms in total. The number of hydrogen-bond acceptors (Lipinski definition) is 1. The van der Waals surface area contributed by atoms with Crippen LogP contribution in [0.1, 0.15) is 102 Å². The molecular weight excluding hydrogens is 453 g/mol. The van der Waals surface area contributed by atoms with Crippen molar-refractivity contribution in [2.45, 2.75) is 107 Å². The van der Waals surface area contributed by atoms with Crippen molar-refractivity contribution in [1.29, 1.82) is 0 Å². The van der Waals surface area contributed by atoms with E-state index < -0.39 is 11.0 Å². The molecule has 0 amide bonds. The summed E-state index contributed by atoms with van der Waals surface area (Å²) < 4.78 is 15.5. The molecule has 0 N–H and O–H groups in total. The highest BCUT2D eigenvalue weighted by molar-refractivity contribution is 7.84. The zero-order valence-electron chi connectivity index (χ0n) is 21.7. The number of nitrogens with zero attached hydrogens (tertiary/aromatic N) is 1. The average Bonchev–Trinajstić information content (AvgIpc) is 2.86. The predicted molar refractivity (Wildman–Crippen MR) is 151 cm³/mol. The van der Waals surface area contributed by atoms with Crippen molar-refractivity contribution in [2.24, 2.45) is 0 Å². The van der Waals surface area contributed by atoms with E-state index in [-0.39, 0.29) is 18.7 Å². The standard InChI is InChI=1S/C30H44NOPS/c1-30(2,3)34(32)31(4)29(24-16-8-5-9-17-24)27-22-14-15-23-28(27)33(25-18-10-6-11-19-25)26-20-12-7-13-21-26/h5,8-9,14-17,22-23,25-26,29H,6-7,10-13,18-21H2,1-4H3/t29?,34-/m1/s1. The van der Waals surface area contributed by atoms with E-state index in [0.29, 0.717) is 0 Å². The van der Waals surface area contributed by atoms with Crippen molar-refractivity contribution in [3.63, 3.8) is 0 Å². The molecule has 0 spiro atoms. The molecule has 2 atom stereocenters. The number of benzene rings is 2. The van der Waals surface area contributed by atoms with Crippen LogP contribution in [0.25, 0.3) is 0 Å². The summed E-state index contributed by atoms with van der Waals surface area (Å²) in [6.45, 7) is 6.26. The third-order valence-electron chi connectivity index (χ3n) is 7.71. The predicted octanol–water partition coefficient (Wildman–Crippen LogP) is 7.94. The summed E-state index contributed by atoms with van der Waals surface area (Å²) in [6, 6.07) is 20.1. The van der Waals surface area contributed by atoms with Gasteiger partial charge in [-0.3, -0.25) is 0 Å². The highest BCUT2D eigenvalue weighted by atomic mass is 32.2. The lowest BCUT2D eigenvalue weighted by Crippen LogP contribution is -2.39. The van der Waals surface area contributed by atoms with Crippen LogP contribution in [-0.2, 0) is 11.0 Å². The molecule has 0 radical (unpaired) electrons.